The van der Waals surface area contributed by atoms with Crippen molar-refractivity contribution in [2.45, 2.75) is 6.92 Å². The van der Waals surface area contributed by atoms with Crippen LogP contribution in [0, 0.1) is 10.5 Å². The molecule has 0 fully saturated rings. The van der Waals surface area contributed by atoms with Crippen LogP contribution >= 0.6 is 22.6 Å². The molecule has 2 aromatic carbocycles. The first kappa shape index (κ1) is 15.5. The van der Waals surface area contributed by atoms with Crippen molar-refractivity contribution in [3.63, 3.8) is 0 Å². The molecular formula is C16H15IN2O2. The van der Waals surface area contributed by atoms with E-state index < -0.39 is 0 Å². The van der Waals surface area contributed by atoms with Crippen LogP contribution in [0.15, 0.2) is 42.5 Å². The van der Waals surface area contributed by atoms with Crippen molar-refractivity contribution in [2.75, 3.05) is 12.4 Å². The molecule has 2 rings (SSSR count). The van der Waals surface area contributed by atoms with Crippen molar-refractivity contribution >= 4 is 40.1 Å². The Labute approximate surface area is 137 Å². The predicted octanol–water partition coefficient (Wildman–Crippen LogP) is 3.21. The Morgan fingerprint density at radius 3 is 2.38 bits per heavy atom. The number of halogens is 1. The van der Waals surface area contributed by atoms with Crippen molar-refractivity contribution in [2.24, 2.45) is 0 Å². The van der Waals surface area contributed by atoms with Crippen molar-refractivity contribution in [1.82, 2.24) is 5.32 Å². The van der Waals surface area contributed by atoms with Gasteiger partial charge in [-0.1, -0.05) is 24.3 Å². The first-order chi connectivity index (χ1) is 10.0. The van der Waals surface area contributed by atoms with Gasteiger partial charge in [0, 0.05) is 10.6 Å². The lowest BCUT2D eigenvalue weighted by molar-refractivity contribution is 0.0963. The molecule has 0 heterocycles. The third kappa shape index (κ3) is 3.41. The molecule has 0 unspecified atom stereocenters. The molecule has 0 spiro atoms. The molecule has 2 amide bonds. The first-order valence-corrected chi connectivity index (χ1v) is 7.50. The lowest BCUT2D eigenvalue weighted by Gasteiger charge is -2.13. The SMILES string of the molecule is CNC(=O)c1c(C)cccc1NC(=O)c1ccccc1I. The number of hydrogen-bond donors (Lipinski definition) is 2. The van der Waals surface area contributed by atoms with Crippen LogP contribution in [0.25, 0.3) is 0 Å². The van der Waals surface area contributed by atoms with E-state index in [4.69, 9.17) is 0 Å². The van der Waals surface area contributed by atoms with Crippen LogP contribution in [0.3, 0.4) is 0 Å². The zero-order chi connectivity index (χ0) is 15.4. The number of amides is 2. The second kappa shape index (κ2) is 6.71. The van der Waals surface area contributed by atoms with Gasteiger partial charge in [-0.2, -0.15) is 0 Å². The highest BCUT2D eigenvalue weighted by Gasteiger charge is 2.16. The fourth-order valence-electron chi connectivity index (χ4n) is 2.03. The number of hydrogen-bond acceptors (Lipinski definition) is 2. The summed E-state index contributed by atoms with van der Waals surface area (Å²) in [5.74, 6) is -0.443. The topological polar surface area (TPSA) is 58.2 Å². The van der Waals surface area contributed by atoms with Gasteiger partial charge in [0.15, 0.2) is 0 Å². The highest BCUT2D eigenvalue weighted by atomic mass is 127. The predicted molar refractivity (Wildman–Crippen MR) is 91.7 cm³/mol. The lowest BCUT2D eigenvalue weighted by atomic mass is 10.1. The second-order valence-corrected chi connectivity index (χ2v) is 5.67. The summed E-state index contributed by atoms with van der Waals surface area (Å²) in [4.78, 5) is 24.3. The molecule has 0 bridgehead atoms. The molecule has 5 heteroatoms. The summed E-state index contributed by atoms with van der Waals surface area (Å²) >= 11 is 2.11. The van der Waals surface area contributed by atoms with E-state index in [1.165, 1.54) is 0 Å². The van der Waals surface area contributed by atoms with E-state index in [0.29, 0.717) is 16.8 Å². The number of anilines is 1. The number of rotatable bonds is 3. The smallest absolute Gasteiger partial charge is 0.256 e. The molecule has 2 aromatic rings. The molecule has 4 nitrogen and oxygen atoms in total. The van der Waals surface area contributed by atoms with E-state index in [-0.39, 0.29) is 11.8 Å². The zero-order valence-corrected chi connectivity index (χ0v) is 13.9. The summed E-state index contributed by atoms with van der Waals surface area (Å²) in [6.07, 6.45) is 0. The van der Waals surface area contributed by atoms with E-state index in [1.807, 2.05) is 37.3 Å². The maximum atomic E-state index is 12.4. The van der Waals surface area contributed by atoms with E-state index in [1.54, 1.807) is 19.2 Å². The van der Waals surface area contributed by atoms with Gasteiger partial charge < -0.3 is 10.6 Å². The fourth-order valence-corrected chi connectivity index (χ4v) is 2.67. The van der Waals surface area contributed by atoms with Crippen LogP contribution in [0.4, 0.5) is 5.69 Å². The van der Waals surface area contributed by atoms with Gasteiger partial charge in [-0.3, -0.25) is 9.59 Å². The Kier molecular flexibility index (Phi) is 4.95. The Balaban J connectivity index is 2.36. The minimum atomic E-state index is -0.226. The van der Waals surface area contributed by atoms with E-state index in [0.717, 1.165) is 9.13 Å². The molecule has 0 radical (unpaired) electrons. The summed E-state index contributed by atoms with van der Waals surface area (Å²) < 4.78 is 0.863. The minimum absolute atomic E-state index is 0.217. The third-order valence-electron chi connectivity index (χ3n) is 3.09. The van der Waals surface area contributed by atoms with Crippen LogP contribution in [-0.2, 0) is 0 Å². The number of carbonyl (C=O) groups is 2. The van der Waals surface area contributed by atoms with Gasteiger partial charge in [0.1, 0.15) is 0 Å². The Bertz CT molecular complexity index is 698. The summed E-state index contributed by atoms with van der Waals surface area (Å²) in [6.45, 7) is 1.84. The van der Waals surface area contributed by atoms with Crippen molar-refractivity contribution in [3.05, 3.63) is 62.7 Å². The maximum Gasteiger partial charge on any atom is 0.256 e. The molecule has 0 saturated heterocycles. The molecule has 0 saturated carbocycles. The van der Waals surface area contributed by atoms with Crippen molar-refractivity contribution in [1.29, 1.82) is 0 Å². The van der Waals surface area contributed by atoms with Gasteiger partial charge in [-0.05, 0) is 53.3 Å². The molecule has 2 N–H and O–H groups in total. The maximum absolute atomic E-state index is 12.4. The summed E-state index contributed by atoms with van der Waals surface area (Å²) in [7, 11) is 1.57. The number of aryl methyl sites for hydroxylation is 1. The summed E-state index contributed by atoms with van der Waals surface area (Å²) in [5, 5.41) is 5.41. The Hall–Kier alpha value is -1.89. The highest BCUT2D eigenvalue weighted by molar-refractivity contribution is 14.1. The summed E-state index contributed by atoms with van der Waals surface area (Å²) in [5.41, 5.74) is 2.40. The van der Waals surface area contributed by atoms with Gasteiger partial charge in [0.05, 0.1) is 16.8 Å². The monoisotopic (exact) mass is 394 g/mol. The lowest BCUT2D eigenvalue weighted by Crippen LogP contribution is -2.23. The highest BCUT2D eigenvalue weighted by Crippen LogP contribution is 2.21. The zero-order valence-electron chi connectivity index (χ0n) is 11.7. The van der Waals surface area contributed by atoms with Crippen molar-refractivity contribution < 1.29 is 9.59 Å². The van der Waals surface area contributed by atoms with Gasteiger partial charge in [-0.15, -0.1) is 0 Å². The standard InChI is InChI=1S/C16H15IN2O2/c1-10-6-5-9-13(14(10)16(21)18-2)19-15(20)11-7-3-4-8-12(11)17/h3-9H,1-2H3,(H,18,21)(H,19,20). The van der Waals surface area contributed by atoms with Crippen LogP contribution < -0.4 is 10.6 Å². The van der Waals surface area contributed by atoms with E-state index >= 15 is 0 Å². The minimum Gasteiger partial charge on any atom is -0.355 e. The van der Waals surface area contributed by atoms with Gasteiger partial charge >= 0.3 is 0 Å². The molecule has 0 aromatic heterocycles. The quantitative estimate of drug-likeness (QED) is 0.786. The third-order valence-corrected chi connectivity index (χ3v) is 4.03. The number of benzene rings is 2. The van der Waals surface area contributed by atoms with Crippen LogP contribution in [0.1, 0.15) is 26.3 Å². The van der Waals surface area contributed by atoms with Gasteiger partial charge in [0.2, 0.25) is 0 Å². The molecular weight excluding hydrogens is 379 g/mol. The Morgan fingerprint density at radius 2 is 1.71 bits per heavy atom. The largest absolute Gasteiger partial charge is 0.355 e. The van der Waals surface area contributed by atoms with Gasteiger partial charge in [0.25, 0.3) is 11.8 Å². The number of carbonyl (C=O) groups excluding carboxylic acids is 2. The number of nitrogens with one attached hydrogen (secondary N) is 2. The van der Waals surface area contributed by atoms with Crippen LogP contribution in [0.5, 0.6) is 0 Å². The molecule has 0 aliphatic rings. The fraction of sp³-hybridized carbons (Fsp3) is 0.125. The first-order valence-electron chi connectivity index (χ1n) is 6.42. The van der Waals surface area contributed by atoms with Gasteiger partial charge in [-0.25, -0.2) is 0 Å². The average Bonchev–Trinajstić information content (AvgIpc) is 2.47. The molecule has 21 heavy (non-hydrogen) atoms. The molecule has 0 aliphatic carbocycles. The molecule has 0 aliphatic heterocycles. The average molecular weight is 394 g/mol. The Morgan fingerprint density at radius 1 is 1.00 bits per heavy atom. The van der Waals surface area contributed by atoms with Crippen LogP contribution in [-0.4, -0.2) is 18.9 Å². The van der Waals surface area contributed by atoms with Crippen molar-refractivity contribution in [3.8, 4) is 0 Å². The second-order valence-electron chi connectivity index (χ2n) is 4.51. The summed E-state index contributed by atoms with van der Waals surface area (Å²) in [6, 6.07) is 12.7. The molecule has 108 valence electrons. The normalized spacial score (nSPS) is 10.0. The van der Waals surface area contributed by atoms with E-state index in [2.05, 4.69) is 33.2 Å². The van der Waals surface area contributed by atoms with E-state index in [9.17, 15) is 9.59 Å². The van der Waals surface area contributed by atoms with Crippen LogP contribution in [0.2, 0.25) is 0 Å². The molecule has 0 atom stereocenters.